The van der Waals surface area contributed by atoms with Crippen molar-refractivity contribution in [3.8, 4) is 0 Å². The molecule has 22 heavy (non-hydrogen) atoms. The normalized spacial score (nSPS) is 19.8. The summed E-state index contributed by atoms with van der Waals surface area (Å²) in [6.07, 6.45) is 0.733. The molecular formula is C15H18INO4S. The summed E-state index contributed by atoms with van der Waals surface area (Å²) in [5.74, 6) is -0.0878. The third-order valence-electron chi connectivity index (χ3n) is 3.88. The van der Waals surface area contributed by atoms with Gasteiger partial charge in [-0.1, -0.05) is 12.1 Å². The second-order valence-corrected chi connectivity index (χ2v) is 8.97. The van der Waals surface area contributed by atoms with Crippen molar-refractivity contribution >= 4 is 44.1 Å². The van der Waals surface area contributed by atoms with Gasteiger partial charge in [-0.3, -0.25) is 9.59 Å². The van der Waals surface area contributed by atoms with Crippen LogP contribution in [0.15, 0.2) is 24.3 Å². The van der Waals surface area contributed by atoms with Crippen molar-refractivity contribution in [3.05, 3.63) is 33.4 Å². The number of hydrogen-bond acceptors (Lipinski definition) is 4. The van der Waals surface area contributed by atoms with Gasteiger partial charge in [-0.2, -0.15) is 0 Å². The number of nitrogens with zero attached hydrogens (tertiary/aromatic N) is 1. The first-order chi connectivity index (χ1) is 10.3. The SMILES string of the molecule is CN(C(=O)CCC(=O)c1ccc(I)cc1)C1CCS(=O)(=O)C1. The smallest absolute Gasteiger partial charge is 0.223 e. The first kappa shape index (κ1) is 17.4. The summed E-state index contributed by atoms with van der Waals surface area (Å²) in [7, 11) is -1.40. The Kier molecular flexibility index (Phi) is 5.60. The number of halogens is 1. The highest BCUT2D eigenvalue weighted by Crippen LogP contribution is 2.18. The van der Waals surface area contributed by atoms with E-state index < -0.39 is 9.84 Å². The molecule has 1 aliphatic rings. The zero-order valence-corrected chi connectivity index (χ0v) is 15.3. The molecule has 1 unspecified atom stereocenters. The largest absolute Gasteiger partial charge is 0.342 e. The molecule has 7 heteroatoms. The van der Waals surface area contributed by atoms with Gasteiger partial charge in [-0.05, 0) is 41.1 Å². The second-order valence-electron chi connectivity index (χ2n) is 5.49. The van der Waals surface area contributed by atoms with Crippen LogP contribution in [0.1, 0.15) is 29.6 Å². The number of carbonyl (C=O) groups is 2. The fourth-order valence-electron chi connectivity index (χ4n) is 2.46. The minimum Gasteiger partial charge on any atom is -0.342 e. The van der Waals surface area contributed by atoms with Gasteiger partial charge in [-0.25, -0.2) is 8.42 Å². The predicted octanol–water partition coefficient (Wildman–Crippen LogP) is 1.90. The number of carbonyl (C=O) groups excluding carboxylic acids is 2. The molecule has 0 spiro atoms. The molecule has 1 saturated heterocycles. The van der Waals surface area contributed by atoms with Gasteiger partial charge in [0.05, 0.1) is 11.5 Å². The Hall–Kier alpha value is -0.960. The fraction of sp³-hybridized carbons (Fsp3) is 0.467. The van der Waals surface area contributed by atoms with Crippen molar-refractivity contribution in [2.24, 2.45) is 0 Å². The topological polar surface area (TPSA) is 71.5 Å². The number of ketones is 1. The minimum atomic E-state index is -3.01. The summed E-state index contributed by atoms with van der Waals surface area (Å²) in [6, 6.07) is 6.95. The molecule has 0 saturated carbocycles. The number of hydrogen-bond donors (Lipinski definition) is 0. The number of benzene rings is 1. The monoisotopic (exact) mass is 435 g/mol. The minimum absolute atomic E-state index is 0.0281. The molecule has 1 heterocycles. The second kappa shape index (κ2) is 7.08. The summed E-state index contributed by atoms with van der Waals surface area (Å²) < 4.78 is 24.0. The molecule has 0 radical (unpaired) electrons. The van der Waals surface area contributed by atoms with Crippen molar-refractivity contribution in [2.45, 2.75) is 25.3 Å². The van der Waals surface area contributed by atoms with Crippen LogP contribution in [0.25, 0.3) is 0 Å². The number of Topliss-reactive ketones (excluding diaryl/α,β-unsaturated/α-hetero) is 1. The van der Waals surface area contributed by atoms with Gasteiger partial charge in [0.1, 0.15) is 0 Å². The highest BCUT2D eigenvalue weighted by atomic mass is 127. The summed E-state index contributed by atoms with van der Waals surface area (Å²) in [6.45, 7) is 0. The number of rotatable bonds is 5. The molecule has 0 aromatic heterocycles. The van der Waals surface area contributed by atoms with Gasteiger partial charge in [0.2, 0.25) is 5.91 Å². The van der Waals surface area contributed by atoms with Crippen LogP contribution >= 0.6 is 22.6 Å². The van der Waals surface area contributed by atoms with E-state index in [4.69, 9.17) is 0 Å². The maximum Gasteiger partial charge on any atom is 0.223 e. The van der Waals surface area contributed by atoms with Crippen LogP contribution in [-0.4, -0.2) is 49.6 Å². The maximum atomic E-state index is 12.1. The Morgan fingerprint density at radius 2 is 1.86 bits per heavy atom. The number of sulfone groups is 1. The van der Waals surface area contributed by atoms with Crippen LogP contribution in [0.2, 0.25) is 0 Å². The summed E-state index contributed by atoms with van der Waals surface area (Å²) in [5, 5.41) is 0. The molecule has 0 N–H and O–H groups in total. The van der Waals surface area contributed by atoms with Crippen LogP contribution in [0.4, 0.5) is 0 Å². The Bertz CT molecular complexity index is 669. The van der Waals surface area contributed by atoms with Gasteiger partial charge in [0, 0.05) is 35.1 Å². The van der Waals surface area contributed by atoms with Crippen molar-refractivity contribution in [1.29, 1.82) is 0 Å². The van der Waals surface area contributed by atoms with E-state index in [1.807, 2.05) is 12.1 Å². The number of amides is 1. The first-order valence-corrected chi connectivity index (χ1v) is 9.93. The molecule has 1 aromatic rings. The third-order valence-corrected chi connectivity index (χ3v) is 6.35. The lowest BCUT2D eigenvalue weighted by Gasteiger charge is -2.23. The fourth-order valence-corrected chi connectivity index (χ4v) is 4.60. The molecule has 1 amide bonds. The Balaban J connectivity index is 1.87. The molecule has 120 valence electrons. The molecule has 1 atom stereocenters. The van der Waals surface area contributed by atoms with E-state index in [9.17, 15) is 18.0 Å². The van der Waals surface area contributed by atoms with Crippen LogP contribution in [0, 0.1) is 3.57 Å². The molecule has 0 aliphatic carbocycles. The lowest BCUT2D eigenvalue weighted by atomic mass is 10.1. The highest BCUT2D eigenvalue weighted by Gasteiger charge is 2.32. The standard InChI is InChI=1S/C15H18INO4S/c1-17(13-8-9-22(20,21)10-13)15(19)7-6-14(18)11-2-4-12(16)5-3-11/h2-5,13H,6-10H2,1H3. The quantitative estimate of drug-likeness (QED) is 0.524. The van der Waals surface area contributed by atoms with E-state index in [0.29, 0.717) is 12.0 Å². The highest BCUT2D eigenvalue weighted by molar-refractivity contribution is 14.1. The summed E-state index contributed by atoms with van der Waals surface area (Å²) >= 11 is 2.16. The summed E-state index contributed by atoms with van der Waals surface area (Å²) in [4.78, 5) is 25.6. The van der Waals surface area contributed by atoms with Crippen LogP contribution in [-0.2, 0) is 14.6 Å². The molecule has 5 nitrogen and oxygen atoms in total. The van der Waals surface area contributed by atoms with Gasteiger partial charge >= 0.3 is 0 Å². The van der Waals surface area contributed by atoms with E-state index in [-0.39, 0.29) is 42.1 Å². The van der Waals surface area contributed by atoms with Gasteiger partial charge in [0.25, 0.3) is 0 Å². The van der Waals surface area contributed by atoms with E-state index in [1.165, 1.54) is 4.90 Å². The van der Waals surface area contributed by atoms with Gasteiger partial charge in [0.15, 0.2) is 15.6 Å². The predicted molar refractivity (Wildman–Crippen MR) is 92.6 cm³/mol. The van der Waals surface area contributed by atoms with Gasteiger partial charge < -0.3 is 4.90 Å². The maximum absolute atomic E-state index is 12.1. The molecule has 1 aromatic carbocycles. The van der Waals surface area contributed by atoms with Crippen LogP contribution in [0.3, 0.4) is 0 Å². The van der Waals surface area contributed by atoms with Crippen molar-refractivity contribution in [2.75, 3.05) is 18.6 Å². The zero-order chi connectivity index (χ0) is 16.3. The Morgan fingerprint density at radius 1 is 1.23 bits per heavy atom. The van der Waals surface area contributed by atoms with E-state index in [0.717, 1.165) is 3.57 Å². The molecule has 2 rings (SSSR count). The van der Waals surface area contributed by atoms with Crippen molar-refractivity contribution in [1.82, 2.24) is 4.90 Å². The lowest BCUT2D eigenvalue weighted by molar-refractivity contribution is -0.131. The Labute approximate surface area is 144 Å². The lowest BCUT2D eigenvalue weighted by Crippen LogP contribution is -2.37. The average molecular weight is 435 g/mol. The molecular weight excluding hydrogens is 417 g/mol. The average Bonchev–Trinajstić information content (AvgIpc) is 2.84. The third kappa shape index (κ3) is 4.52. The molecule has 1 aliphatic heterocycles. The van der Waals surface area contributed by atoms with Crippen LogP contribution < -0.4 is 0 Å². The first-order valence-electron chi connectivity index (χ1n) is 7.03. The molecule has 0 bridgehead atoms. The van der Waals surface area contributed by atoms with Crippen LogP contribution in [0.5, 0.6) is 0 Å². The van der Waals surface area contributed by atoms with Gasteiger partial charge in [-0.15, -0.1) is 0 Å². The van der Waals surface area contributed by atoms with E-state index in [1.54, 1.807) is 19.2 Å². The van der Waals surface area contributed by atoms with E-state index >= 15 is 0 Å². The summed E-state index contributed by atoms with van der Waals surface area (Å²) in [5.41, 5.74) is 0.597. The zero-order valence-electron chi connectivity index (χ0n) is 12.3. The van der Waals surface area contributed by atoms with E-state index in [2.05, 4.69) is 22.6 Å². The van der Waals surface area contributed by atoms with Crippen molar-refractivity contribution in [3.63, 3.8) is 0 Å². The van der Waals surface area contributed by atoms with Crippen molar-refractivity contribution < 1.29 is 18.0 Å². The Morgan fingerprint density at radius 3 is 2.41 bits per heavy atom. The molecule has 1 fully saturated rings.